The van der Waals surface area contributed by atoms with Crippen LogP contribution in [0.3, 0.4) is 0 Å². The van der Waals surface area contributed by atoms with Crippen molar-refractivity contribution >= 4 is 44.6 Å². The fourth-order valence-electron chi connectivity index (χ4n) is 10.9. The summed E-state index contributed by atoms with van der Waals surface area (Å²) in [6, 6.07) is 60.8. The second-order valence-electron chi connectivity index (χ2n) is 24.7. The summed E-state index contributed by atoms with van der Waals surface area (Å²) < 4.78 is 9.37. The molecule has 9 aromatic rings. The van der Waals surface area contributed by atoms with E-state index < -0.39 is 0 Å². The van der Waals surface area contributed by atoms with Crippen LogP contribution < -0.4 is 14.5 Å². The van der Waals surface area contributed by atoms with E-state index in [0.717, 1.165) is 55.9 Å². The number of fused-ring (bicyclic) bond motifs is 4. The number of hydrogen-bond acceptors (Lipinski definition) is 4. The van der Waals surface area contributed by atoms with Gasteiger partial charge in [0, 0.05) is 45.7 Å². The average Bonchev–Trinajstić information content (AvgIpc) is 3.96. The maximum Gasteiger partial charge on any atom is 4.00 e. The molecule has 0 saturated heterocycles. The summed E-state index contributed by atoms with van der Waals surface area (Å²) in [6.07, 6.45) is 1.92. The third-order valence-electron chi connectivity index (χ3n) is 15.2. The van der Waals surface area contributed by atoms with Gasteiger partial charge in [0.2, 0.25) is 0 Å². The molecule has 0 radical (unpaired) electrons. The van der Waals surface area contributed by atoms with E-state index in [-0.39, 0.29) is 50.2 Å². The summed E-state index contributed by atoms with van der Waals surface area (Å²) in [4.78, 5) is 9.65. The molecule has 2 aromatic heterocycles. The quantitative estimate of drug-likeness (QED) is 0.128. The first-order valence-electron chi connectivity index (χ1n) is 26.6. The Labute approximate surface area is 469 Å². The molecule has 5 nitrogen and oxygen atoms in total. The zero-order chi connectivity index (χ0) is 52.6. The summed E-state index contributed by atoms with van der Waals surface area (Å²) in [5, 5.41) is 2.23. The van der Waals surface area contributed by atoms with Crippen molar-refractivity contribution in [1.29, 1.82) is 0 Å². The van der Waals surface area contributed by atoms with Crippen molar-refractivity contribution < 1.29 is 25.8 Å². The molecule has 7 aromatic carbocycles. The number of nitrogens with zero attached hydrogens (tertiary/aromatic N) is 4. The largest absolute Gasteiger partial charge is 4.00 e. The van der Waals surface area contributed by atoms with Crippen molar-refractivity contribution in [1.82, 2.24) is 9.55 Å². The van der Waals surface area contributed by atoms with E-state index in [9.17, 15) is 0 Å². The van der Waals surface area contributed by atoms with Crippen LogP contribution in [-0.4, -0.2) is 9.55 Å². The first-order chi connectivity index (χ1) is 35.0. The van der Waals surface area contributed by atoms with Crippen molar-refractivity contribution in [3.05, 3.63) is 217 Å². The second kappa shape index (κ2) is 20.8. The minimum Gasteiger partial charge on any atom is -0.509 e. The number of para-hydroxylation sites is 1. The average molecular weight is 1180 g/mol. The molecule has 0 N–H and O–H groups in total. The summed E-state index contributed by atoms with van der Waals surface area (Å²) in [7, 11) is 0. The van der Waals surface area contributed by atoms with Crippen LogP contribution in [0.4, 0.5) is 22.7 Å². The molecular weight excluding hydrogens is 1110 g/mol. The first-order valence-corrected chi connectivity index (χ1v) is 26.6. The normalized spacial score (nSPS) is 13.1. The van der Waals surface area contributed by atoms with Gasteiger partial charge in [0.05, 0.1) is 0 Å². The second-order valence-corrected chi connectivity index (χ2v) is 24.7. The Kier molecular flexibility index (Phi) is 15.3. The Morgan fingerprint density at radius 1 is 0.526 bits per heavy atom. The predicted molar refractivity (Wildman–Crippen MR) is 319 cm³/mol. The van der Waals surface area contributed by atoms with Crippen molar-refractivity contribution in [2.45, 2.75) is 137 Å². The van der Waals surface area contributed by atoms with Gasteiger partial charge in [-0.05, 0) is 120 Å². The van der Waals surface area contributed by atoms with Gasteiger partial charge < -0.3 is 26.5 Å². The summed E-state index contributed by atoms with van der Waals surface area (Å²) in [6.45, 7) is 36.8. The van der Waals surface area contributed by atoms with Gasteiger partial charge in [0.1, 0.15) is 5.82 Å². The molecule has 0 unspecified atom stereocenters. The van der Waals surface area contributed by atoms with Gasteiger partial charge in [0.25, 0.3) is 0 Å². The van der Waals surface area contributed by atoms with Crippen molar-refractivity contribution in [3.63, 3.8) is 0 Å². The van der Waals surface area contributed by atoms with Gasteiger partial charge in [-0.3, -0.25) is 0 Å². The molecule has 1 aliphatic rings. The Morgan fingerprint density at radius 2 is 1.12 bits per heavy atom. The van der Waals surface area contributed by atoms with Crippen LogP contribution in [0.25, 0.3) is 38.8 Å². The van der Waals surface area contributed by atoms with Crippen LogP contribution in [-0.2, 0) is 42.7 Å². The van der Waals surface area contributed by atoms with E-state index in [2.05, 4.69) is 277 Å². The number of hydrogen-bond donors (Lipinski definition) is 0. The van der Waals surface area contributed by atoms with Gasteiger partial charge in [-0.15, -0.1) is 53.6 Å². The number of benzene rings is 7. The maximum absolute atomic E-state index is 7.14. The van der Waals surface area contributed by atoms with E-state index in [1.807, 2.05) is 12.3 Å². The Balaban J connectivity index is 0.00000383. The summed E-state index contributed by atoms with van der Waals surface area (Å²) in [5.41, 5.74) is 17.1. The monoisotopic (exact) mass is 1180 g/mol. The SMILES string of the molecule is CC(C)c1cccc(C(C)C)c1-c1cc(Oc2[c-]c3c(cc2)c2ccccc2n3-c2cc(C(C)(C)C)ccn2)[c-]c(N2[CH-]N(c3ccc(C(C)(C)c4ccccc4)cc3)c3cc(C(C)(C)C)c(C(C)(C)C)cc32)c1.[CH3-].[Pt+4]. The van der Waals surface area contributed by atoms with Crippen LogP contribution in [0.2, 0.25) is 0 Å². The zero-order valence-corrected chi connectivity index (χ0v) is 50.0. The molecule has 76 heavy (non-hydrogen) atoms. The molecule has 0 saturated carbocycles. The smallest absolute Gasteiger partial charge is 0.509 e. The van der Waals surface area contributed by atoms with Crippen LogP contribution in [0, 0.1) is 26.2 Å². The number of aromatic nitrogens is 2. The fourth-order valence-corrected chi connectivity index (χ4v) is 10.9. The topological polar surface area (TPSA) is 33.5 Å². The molecule has 0 fully saturated rings. The molecule has 0 spiro atoms. The number of anilines is 4. The van der Waals surface area contributed by atoms with Gasteiger partial charge in [-0.2, -0.15) is 6.07 Å². The minimum atomic E-state index is -0.168. The van der Waals surface area contributed by atoms with E-state index in [1.54, 1.807) is 0 Å². The van der Waals surface area contributed by atoms with Crippen LogP contribution in [0.5, 0.6) is 11.5 Å². The van der Waals surface area contributed by atoms with Gasteiger partial charge in [-0.1, -0.05) is 188 Å². The third kappa shape index (κ3) is 10.4. The Hall–Kier alpha value is -6.42. The molecule has 0 atom stereocenters. The molecular formula is C70H76N4OPt. The standard InChI is InChI=1S/C69H73N4O.CH3.Pt/c1-44(2)54-25-21-26-55(45(3)4)65(54)46-36-51(39-53(37-46)74-52-32-33-57-56-24-19-20-27-60(56)73(61(57)40-52)64-38-49(34-35-70-64)66(5,6)7)72-43-71(62-41-58(67(8,9)10)59(42-63(62)72)68(11,12)13)50-30-28-48(29-31-50)69(14,15)47-22-17-16-18-23-47;;/h16-38,41-45H,1-15H3;1H3;/q-3;-1;+4. The van der Waals surface area contributed by atoms with Crippen molar-refractivity contribution in [2.24, 2.45) is 0 Å². The Morgan fingerprint density at radius 3 is 1.72 bits per heavy atom. The molecule has 6 heteroatoms. The molecule has 1 aliphatic heterocycles. The molecule has 0 bridgehead atoms. The Bertz CT molecular complexity index is 3520. The van der Waals surface area contributed by atoms with Gasteiger partial charge in [0.15, 0.2) is 0 Å². The number of ether oxygens (including phenoxy) is 1. The molecule has 0 amide bonds. The molecule has 392 valence electrons. The predicted octanol–water partition coefficient (Wildman–Crippen LogP) is 19.6. The maximum atomic E-state index is 7.14. The van der Waals surface area contributed by atoms with E-state index in [0.29, 0.717) is 23.3 Å². The fraction of sp³-hybridized carbons (Fsp3) is 0.300. The van der Waals surface area contributed by atoms with E-state index >= 15 is 0 Å². The first kappa shape index (κ1) is 55.8. The zero-order valence-electron chi connectivity index (χ0n) is 47.7. The van der Waals surface area contributed by atoms with Crippen LogP contribution in [0.1, 0.15) is 155 Å². The number of pyridine rings is 1. The van der Waals surface area contributed by atoms with Gasteiger partial charge >= 0.3 is 21.1 Å². The molecule has 0 aliphatic carbocycles. The van der Waals surface area contributed by atoms with Crippen molar-refractivity contribution in [2.75, 3.05) is 9.80 Å². The third-order valence-corrected chi connectivity index (χ3v) is 15.2. The molecule has 10 rings (SSSR count). The van der Waals surface area contributed by atoms with Crippen molar-refractivity contribution in [3.8, 4) is 28.4 Å². The van der Waals surface area contributed by atoms with Crippen LogP contribution in [0.15, 0.2) is 152 Å². The summed E-state index contributed by atoms with van der Waals surface area (Å²) in [5.74, 6) is 2.65. The number of rotatable bonds is 10. The minimum absolute atomic E-state index is 0. The van der Waals surface area contributed by atoms with E-state index in [1.165, 1.54) is 44.5 Å². The summed E-state index contributed by atoms with van der Waals surface area (Å²) >= 11 is 0. The van der Waals surface area contributed by atoms with Crippen LogP contribution >= 0.6 is 0 Å². The van der Waals surface area contributed by atoms with E-state index in [4.69, 9.17) is 9.72 Å². The van der Waals surface area contributed by atoms with Gasteiger partial charge in [-0.25, -0.2) is 4.98 Å². The molecule has 3 heterocycles.